The molecule has 4 fully saturated rings. The molecule has 0 aromatic carbocycles. The summed E-state index contributed by atoms with van der Waals surface area (Å²) in [6, 6.07) is 0. The monoisotopic (exact) mass is 1170 g/mol. The Bertz CT molecular complexity index is 2390. The van der Waals surface area contributed by atoms with Gasteiger partial charge in [0.05, 0.1) is 13.2 Å². The minimum Gasteiger partial charge on any atom is -0.459 e. The Morgan fingerprint density at radius 2 is 0.671 bits per heavy atom. The Kier molecular flexibility index (Phi) is 27.1. The zero-order chi connectivity index (χ0) is 61.4. The first-order valence-electron chi connectivity index (χ1n) is 26.7. The van der Waals surface area contributed by atoms with Crippen molar-refractivity contribution in [2.75, 3.05) is 26.4 Å². The van der Waals surface area contributed by atoms with E-state index in [0.29, 0.717) is 0 Å². The summed E-state index contributed by atoms with van der Waals surface area (Å²) in [4.78, 5) is 78.8. The number of aliphatic hydroxyl groups excluding tert-OH is 8. The van der Waals surface area contributed by atoms with Gasteiger partial charge in [-0.1, -0.05) is 43.4 Å². The summed E-state index contributed by atoms with van der Waals surface area (Å²) in [6.45, 7) is 14.4. The summed E-state index contributed by atoms with van der Waals surface area (Å²) in [6.07, 6.45) is -31.2. The second-order valence-corrected chi connectivity index (χ2v) is 19.5. The van der Waals surface area contributed by atoms with Crippen LogP contribution in [0.15, 0.2) is 69.9 Å². The molecule has 27 heteroatoms. The maximum atomic E-state index is 13.5. The van der Waals surface area contributed by atoms with Crippen LogP contribution in [0, 0.1) is 0 Å². The van der Waals surface area contributed by atoms with Gasteiger partial charge in [-0.25, -0.2) is 28.8 Å². The van der Waals surface area contributed by atoms with Crippen molar-refractivity contribution in [2.45, 2.75) is 212 Å². The molecule has 4 aliphatic rings. The fourth-order valence-electron chi connectivity index (χ4n) is 8.35. The SMILES string of the molecule is C/C=C(\C)C(=O)OC[C@H]1O[C@H](O[C@H]2O[C@H](COC(=O)/C(C)=C/C)[C@@H](O)[C@H](O)[C@H]2O[C@@H]2O[C@H](CO)[C@@H](OC(=O)/C(C)=C/C)[C@H](OC(=O)/C(=C/C)CC)[C@H]2O)[C@H](O[C@@H]2O[C@H](CO)[C@@H](OC(=O)/C(C)=C/C)[C@H](OC(=O)/C(C)=C/C)[C@H]2O)[C@@H](O)[C@@H]1O. The first-order valence-corrected chi connectivity index (χ1v) is 26.7. The number of esters is 6. The van der Waals surface area contributed by atoms with Crippen molar-refractivity contribution in [3.63, 3.8) is 0 Å². The molecule has 0 aromatic heterocycles. The third-order valence-electron chi connectivity index (χ3n) is 14.2. The van der Waals surface area contributed by atoms with Gasteiger partial charge in [0.1, 0.15) is 86.5 Å². The molecule has 0 saturated carbocycles. The molecule has 20 atom stereocenters. The molecular formula is C55H80O27. The van der Waals surface area contributed by atoms with Gasteiger partial charge >= 0.3 is 35.8 Å². The van der Waals surface area contributed by atoms with E-state index in [4.69, 9.17) is 61.6 Å². The standard InChI is InChI=1S/C55H80O27/c1-13-24(8)46(64)70-22-32-34(58)36(60)44(80-52-38(62)42(78-50(68)28(12)17-5)40(30(20-56)72-52)76-48(66)26(10)15-3)54(74-32)82-55-45(37(61)35(59)33(75-55)23-71-47(65)25(9)14-2)81-53-39(63)43(79-51(69)29(18-6)19-7)41(31(21-57)73-53)77-49(67)27(11)16-4/h13-18,30-45,52-63H,19-23H2,1-12H3/b24-13+,25-14+,26-15+,27-16+,28-17+,29-18+/t30-,31-,32-,33-,34-,35-,36+,37+,38-,39-,40-,41-,42-,43-,44-,45-,52+,53+,54-,55-/m1/s1. The number of hydrogen-bond donors (Lipinski definition) is 8. The molecule has 4 saturated heterocycles. The van der Waals surface area contributed by atoms with E-state index in [1.807, 2.05) is 0 Å². The molecule has 82 heavy (non-hydrogen) atoms. The van der Waals surface area contributed by atoms with Crippen LogP contribution in [-0.4, -0.2) is 226 Å². The van der Waals surface area contributed by atoms with Crippen LogP contribution in [0.4, 0.5) is 0 Å². The molecule has 8 N–H and O–H groups in total. The third-order valence-corrected chi connectivity index (χ3v) is 14.2. The van der Waals surface area contributed by atoms with Crippen LogP contribution in [0.3, 0.4) is 0 Å². The first kappa shape index (κ1) is 69.2. The molecule has 0 amide bonds. The second kappa shape index (κ2) is 32.1. The van der Waals surface area contributed by atoms with Crippen molar-refractivity contribution < 1.29 is 131 Å². The number of carbonyl (C=O) groups excluding carboxylic acids is 6. The van der Waals surface area contributed by atoms with Crippen LogP contribution >= 0.6 is 0 Å². The van der Waals surface area contributed by atoms with Crippen molar-refractivity contribution in [3.05, 3.63) is 69.9 Å². The highest BCUT2D eigenvalue weighted by molar-refractivity contribution is 5.90. The highest BCUT2D eigenvalue weighted by Crippen LogP contribution is 2.37. The zero-order valence-electron chi connectivity index (χ0n) is 47.9. The Hall–Kier alpha value is -5.34. The lowest BCUT2D eigenvalue weighted by Gasteiger charge is -2.49. The van der Waals surface area contributed by atoms with Gasteiger partial charge in [-0.05, 0) is 82.6 Å². The Morgan fingerprint density at radius 1 is 0.366 bits per heavy atom. The van der Waals surface area contributed by atoms with E-state index in [1.165, 1.54) is 91.8 Å². The number of allylic oxidation sites excluding steroid dienone is 6. The maximum absolute atomic E-state index is 13.5. The highest BCUT2D eigenvalue weighted by Gasteiger charge is 2.58. The molecule has 0 unspecified atom stereocenters. The fourth-order valence-corrected chi connectivity index (χ4v) is 8.35. The molecule has 0 spiro atoms. The van der Waals surface area contributed by atoms with Gasteiger partial charge in [-0.15, -0.1) is 0 Å². The lowest BCUT2D eigenvalue weighted by molar-refractivity contribution is -0.414. The molecule has 0 bridgehead atoms. The Labute approximate surface area is 474 Å². The molecular weight excluding hydrogens is 1090 g/mol. The Morgan fingerprint density at radius 3 is 0.976 bits per heavy atom. The summed E-state index contributed by atoms with van der Waals surface area (Å²) in [5, 5.41) is 92.6. The normalized spacial score (nSPS) is 35.3. The number of carbonyl (C=O) groups is 6. The van der Waals surface area contributed by atoms with Crippen LogP contribution in [0.5, 0.6) is 0 Å². The summed E-state index contributed by atoms with van der Waals surface area (Å²) < 4.78 is 76.1. The van der Waals surface area contributed by atoms with Crippen LogP contribution in [0.25, 0.3) is 0 Å². The molecule has 0 aromatic rings. The topological polar surface area (TPSA) is 384 Å². The predicted octanol–water partition coefficient (Wildman–Crippen LogP) is -0.256. The lowest BCUT2D eigenvalue weighted by Crippen LogP contribution is -2.68. The van der Waals surface area contributed by atoms with Gasteiger partial charge in [-0.3, -0.25) is 0 Å². The molecule has 462 valence electrons. The summed E-state index contributed by atoms with van der Waals surface area (Å²) in [7, 11) is 0. The van der Waals surface area contributed by atoms with Gasteiger partial charge in [0, 0.05) is 33.4 Å². The minimum absolute atomic E-state index is 0.0358. The van der Waals surface area contributed by atoms with Crippen molar-refractivity contribution in [1.82, 2.24) is 0 Å². The van der Waals surface area contributed by atoms with Crippen LogP contribution in [0.2, 0.25) is 0 Å². The average Bonchev–Trinajstić information content (AvgIpc) is 3.58. The van der Waals surface area contributed by atoms with Crippen molar-refractivity contribution >= 4 is 35.8 Å². The number of ether oxygens (including phenoxy) is 13. The molecule has 0 aliphatic carbocycles. The third kappa shape index (κ3) is 16.9. The maximum Gasteiger partial charge on any atom is 0.334 e. The first-order chi connectivity index (χ1) is 38.8. The Balaban J connectivity index is 1.88. The molecule has 27 nitrogen and oxygen atoms in total. The fraction of sp³-hybridized carbons (Fsp3) is 0.673. The summed E-state index contributed by atoms with van der Waals surface area (Å²) in [5.74, 6) is -5.64. The van der Waals surface area contributed by atoms with Gasteiger partial charge in [0.2, 0.25) is 0 Å². The summed E-state index contributed by atoms with van der Waals surface area (Å²) >= 11 is 0. The molecule has 0 radical (unpaired) electrons. The molecule has 4 aliphatic heterocycles. The predicted molar refractivity (Wildman–Crippen MR) is 278 cm³/mol. The largest absolute Gasteiger partial charge is 0.459 e. The van der Waals surface area contributed by atoms with Crippen LogP contribution in [0.1, 0.15) is 89.5 Å². The van der Waals surface area contributed by atoms with E-state index in [2.05, 4.69) is 0 Å². The second-order valence-electron chi connectivity index (χ2n) is 19.5. The van der Waals surface area contributed by atoms with Crippen LogP contribution in [-0.2, 0) is 90.3 Å². The lowest BCUT2D eigenvalue weighted by atomic mass is 9.96. The molecule has 4 rings (SSSR count). The van der Waals surface area contributed by atoms with Gasteiger partial charge in [-0.2, -0.15) is 0 Å². The van der Waals surface area contributed by atoms with E-state index in [1.54, 1.807) is 27.7 Å². The summed E-state index contributed by atoms with van der Waals surface area (Å²) in [5.41, 5.74) is 0.577. The van der Waals surface area contributed by atoms with E-state index < -0.39 is 185 Å². The van der Waals surface area contributed by atoms with E-state index in [0.717, 1.165) is 0 Å². The quantitative estimate of drug-likeness (QED) is 0.0371. The number of aliphatic hydroxyl groups is 8. The van der Waals surface area contributed by atoms with E-state index in [-0.39, 0.29) is 39.9 Å². The van der Waals surface area contributed by atoms with E-state index in [9.17, 15) is 69.6 Å². The van der Waals surface area contributed by atoms with Gasteiger partial charge in [0.25, 0.3) is 0 Å². The van der Waals surface area contributed by atoms with Crippen molar-refractivity contribution in [2.24, 2.45) is 0 Å². The molecule has 4 heterocycles. The van der Waals surface area contributed by atoms with Crippen molar-refractivity contribution in [3.8, 4) is 0 Å². The van der Waals surface area contributed by atoms with Gasteiger partial charge < -0.3 is 102 Å². The minimum atomic E-state index is -2.23. The van der Waals surface area contributed by atoms with E-state index >= 15 is 0 Å². The number of hydrogen-bond acceptors (Lipinski definition) is 27. The van der Waals surface area contributed by atoms with Crippen LogP contribution < -0.4 is 0 Å². The zero-order valence-corrected chi connectivity index (χ0v) is 47.9. The average molecular weight is 1170 g/mol. The number of rotatable bonds is 23. The van der Waals surface area contributed by atoms with Crippen molar-refractivity contribution in [1.29, 1.82) is 0 Å². The highest BCUT2D eigenvalue weighted by atomic mass is 16.8. The van der Waals surface area contributed by atoms with Gasteiger partial charge in [0.15, 0.2) is 49.6 Å². The smallest absolute Gasteiger partial charge is 0.334 e.